The molecule has 0 amide bonds. The summed E-state index contributed by atoms with van der Waals surface area (Å²) >= 11 is 1.32. The van der Waals surface area contributed by atoms with Crippen LogP contribution >= 0.6 is 11.8 Å². The molecule has 1 heterocycles. The Morgan fingerprint density at radius 2 is 2.05 bits per heavy atom. The number of benzene rings is 2. The maximum atomic E-state index is 13.2. The molecule has 2 aromatic carbocycles. The van der Waals surface area contributed by atoms with Crippen molar-refractivity contribution < 1.29 is 4.39 Å². The van der Waals surface area contributed by atoms with Gasteiger partial charge in [0, 0.05) is 10.5 Å². The van der Waals surface area contributed by atoms with Gasteiger partial charge in [-0.2, -0.15) is 0 Å². The number of hydrogen-bond acceptors (Lipinski definition) is 3. The molecule has 3 aromatic rings. The summed E-state index contributed by atoms with van der Waals surface area (Å²) < 4.78 is 13.2. The van der Waals surface area contributed by atoms with Gasteiger partial charge in [-0.1, -0.05) is 23.9 Å². The van der Waals surface area contributed by atoms with Crippen molar-refractivity contribution >= 4 is 28.6 Å². The smallest absolute Gasteiger partial charge is 0.171 e. The van der Waals surface area contributed by atoms with Gasteiger partial charge in [0.2, 0.25) is 0 Å². The van der Waals surface area contributed by atoms with Crippen LogP contribution in [0.15, 0.2) is 52.5 Å². The second-order valence-electron chi connectivity index (χ2n) is 4.22. The monoisotopic (exact) mass is 286 g/mol. The molecule has 1 aromatic heterocycles. The van der Waals surface area contributed by atoms with Crippen molar-refractivity contribution in [3.63, 3.8) is 0 Å². The summed E-state index contributed by atoms with van der Waals surface area (Å²) in [6.07, 6.45) is 0. The van der Waals surface area contributed by atoms with E-state index in [1.54, 1.807) is 6.07 Å². The van der Waals surface area contributed by atoms with E-state index in [9.17, 15) is 4.39 Å². The van der Waals surface area contributed by atoms with Crippen LogP contribution in [-0.2, 0) is 0 Å². The van der Waals surface area contributed by atoms with Gasteiger partial charge in [0.1, 0.15) is 11.7 Å². The number of aromatic nitrogens is 2. The van der Waals surface area contributed by atoms with E-state index >= 15 is 0 Å². The Morgan fingerprint density at radius 1 is 1.25 bits per heavy atom. The Hall–Kier alpha value is -2.34. The molecule has 0 aliphatic rings. The van der Waals surface area contributed by atoms with Gasteiger partial charge < -0.3 is 10.7 Å². The van der Waals surface area contributed by atoms with E-state index in [2.05, 4.69) is 9.97 Å². The van der Waals surface area contributed by atoms with Crippen molar-refractivity contribution in [1.29, 1.82) is 5.41 Å². The lowest BCUT2D eigenvalue weighted by atomic mass is 10.2. The summed E-state index contributed by atoms with van der Waals surface area (Å²) in [4.78, 5) is 8.30. The van der Waals surface area contributed by atoms with Gasteiger partial charge in [0.25, 0.3) is 0 Å². The van der Waals surface area contributed by atoms with Crippen molar-refractivity contribution in [2.45, 2.75) is 10.1 Å². The number of fused-ring (bicyclic) bond motifs is 1. The molecule has 3 rings (SSSR count). The van der Waals surface area contributed by atoms with Crippen LogP contribution < -0.4 is 5.73 Å². The summed E-state index contributed by atoms with van der Waals surface area (Å²) in [5.41, 5.74) is 7.65. The lowest BCUT2D eigenvalue weighted by Crippen LogP contribution is -2.12. The van der Waals surface area contributed by atoms with Crippen LogP contribution in [0.5, 0.6) is 0 Å². The van der Waals surface area contributed by atoms with Crippen LogP contribution in [0.1, 0.15) is 5.56 Å². The molecule has 100 valence electrons. The van der Waals surface area contributed by atoms with Crippen LogP contribution in [0.2, 0.25) is 0 Å². The predicted octanol–water partition coefficient (Wildman–Crippen LogP) is 3.14. The molecule has 0 unspecified atom stereocenters. The SMILES string of the molecule is N=C(N)c1cc(F)ccc1Sc1nc2ccccc2[nH]1. The highest BCUT2D eigenvalue weighted by atomic mass is 32.2. The van der Waals surface area contributed by atoms with Gasteiger partial charge in [-0.25, -0.2) is 9.37 Å². The van der Waals surface area contributed by atoms with Crippen LogP contribution in [0.25, 0.3) is 11.0 Å². The molecule has 0 fully saturated rings. The maximum Gasteiger partial charge on any atom is 0.171 e. The van der Waals surface area contributed by atoms with Gasteiger partial charge in [-0.05, 0) is 30.3 Å². The second kappa shape index (κ2) is 4.97. The topological polar surface area (TPSA) is 78.6 Å². The van der Waals surface area contributed by atoms with Crippen molar-refractivity contribution in [3.8, 4) is 0 Å². The number of imidazole rings is 1. The first-order valence-electron chi connectivity index (χ1n) is 5.90. The average Bonchev–Trinajstić information content (AvgIpc) is 2.82. The van der Waals surface area contributed by atoms with Crippen LogP contribution in [0.4, 0.5) is 4.39 Å². The first-order valence-corrected chi connectivity index (χ1v) is 6.71. The third kappa shape index (κ3) is 2.37. The molecule has 6 heteroatoms. The molecule has 4 nitrogen and oxygen atoms in total. The standard InChI is InChI=1S/C14H11FN4S/c15-8-5-6-12(9(7-8)13(16)17)20-14-18-10-3-1-2-4-11(10)19-14/h1-7H,(H3,16,17)(H,18,19). The first-order chi connectivity index (χ1) is 9.63. The largest absolute Gasteiger partial charge is 0.384 e. The third-order valence-electron chi connectivity index (χ3n) is 2.81. The second-order valence-corrected chi connectivity index (χ2v) is 5.25. The van der Waals surface area contributed by atoms with Crippen molar-refractivity contribution in [2.75, 3.05) is 0 Å². The van der Waals surface area contributed by atoms with Crippen molar-refractivity contribution in [1.82, 2.24) is 9.97 Å². The number of nitrogens with one attached hydrogen (secondary N) is 2. The molecule has 0 saturated carbocycles. The molecule has 20 heavy (non-hydrogen) atoms. The number of rotatable bonds is 3. The predicted molar refractivity (Wildman–Crippen MR) is 77.6 cm³/mol. The molecule has 0 saturated heterocycles. The molecule has 0 radical (unpaired) electrons. The van der Waals surface area contributed by atoms with Crippen LogP contribution in [0.3, 0.4) is 0 Å². The quantitative estimate of drug-likeness (QED) is 0.511. The van der Waals surface area contributed by atoms with Crippen LogP contribution in [0, 0.1) is 11.2 Å². The summed E-state index contributed by atoms with van der Waals surface area (Å²) in [5.74, 6) is -0.577. The Bertz CT molecular complexity index is 764. The zero-order valence-electron chi connectivity index (χ0n) is 10.4. The average molecular weight is 286 g/mol. The van der Waals surface area contributed by atoms with E-state index in [1.807, 2.05) is 24.3 Å². The number of aromatic amines is 1. The molecular formula is C14H11FN4S. The van der Waals surface area contributed by atoms with Gasteiger partial charge in [-0.15, -0.1) is 0 Å². The van der Waals surface area contributed by atoms with Gasteiger partial charge in [-0.3, -0.25) is 5.41 Å². The Balaban J connectivity index is 2.00. The Labute approximate surface area is 118 Å². The minimum absolute atomic E-state index is 0.164. The number of H-pyrrole nitrogens is 1. The molecule has 0 atom stereocenters. The highest BCUT2D eigenvalue weighted by Gasteiger charge is 2.11. The fourth-order valence-electron chi connectivity index (χ4n) is 1.88. The zero-order chi connectivity index (χ0) is 14.1. The number of halogens is 1. The third-order valence-corrected chi connectivity index (χ3v) is 3.77. The lowest BCUT2D eigenvalue weighted by Gasteiger charge is -2.06. The number of hydrogen-bond donors (Lipinski definition) is 3. The highest BCUT2D eigenvalue weighted by molar-refractivity contribution is 7.99. The first kappa shape index (κ1) is 12.7. The fourth-order valence-corrected chi connectivity index (χ4v) is 2.81. The molecule has 0 aliphatic carbocycles. The number of nitrogens with zero attached hydrogens (tertiary/aromatic N) is 1. The van der Waals surface area contributed by atoms with E-state index in [-0.39, 0.29) is 5.84 Å². The maximum absolute atomic E-state index is 13.2. The normalized spacial score (nSPS) is 10.8. The highest BCUT2D eigenvalue weighted by Crippen LogP contribution is 2.30. The number of nitrogens with two attached hydrogens (primary N) is 1. The summed E-state index contributed by atoms with van der Waals surface area (Å²) in [6.45, 7) is 0. The Morgan fingerprint density at radius 3 is 2.80 bits per heavy atom. The molecule has 0 spiro atoms. The summed E-state index contributed by atoms with van der Waals surface area (Å²) in [6, 6.07) is 11.9. The summed E-state index contributed by atoms with van der Waals surface area (Å²) in [7, 11) is 0. The number of amidine groups is 1. The van der Waals surface area contributed by atoms with E-state index in [1.165, 1.54) is 23.9 Å². The van der Waals surface area contributed by atoms with Gasteiger partial charge in [0.15, 0.2) is 5.16 Å². The zero-order valence-corrected chi connectivity index (χ0v) is 11.2. The lowest BCUT2D eigenvalue weighted by molar-refractivity contribution is 0.626. The minimum Gasteiger partial charge on any atom is -0.384 e. The van der Waals surface area contributed by atoms with Crippen molar-refractivity contribution in [3.05, 3.63) is 53.8 Å². The summed E-state index contributed by atoms with van der Waals surface area (Å²) in [5, 5.41) is 8.19. The van der Waals surface area contributed by atoms with E-state index in [0.717, 1.165) is 11.0 Å². The van der Waals surface area contributed by atoms with E-state index < -0.39 is 5.82 Å². The van der Waals surface area contributed by atoms with E-state index in [0.29, 0.717) is 15.6 Å². The minimum atomic E-state index is -0.413. The number of nitrogen functional groups attached to an aromatic ring is 1. The Kier molecular flexibility index (Phi) is 3.15. The van der Waals surface area contributed by atoms with Crippen LogP contribution in [-0.4, -0.2) is 15.8 Å². The van der Waals surface area contributed by atoms with E-state index in [4.69, 9.17) is 11.1 Å². The number of para-hydroxylation sites is 2. The van der Waals surface area contributed by atoms with Gasteiger partial charge in [0.05, 0.1) is 11.0 Å². The molecule has 0 aliphatic heterocycles. The fraction of sp³-hybridized carbons (Fsp3) is 0. The molecule has 0 bridgehead atoms. The van der Waals surface area contributed by atoms with Crippen molar-refractivity contribution in [2.24, 2.45) is 5.73 Å². The molecular weight excluding hydrogens is 275 g/mol. The van der Waals surface area contributed by atoms with Gasteiger partial charge >= 0.3 is 0 Å². The molecule has 4 N–H and O–H groups in total.